The smallest absolute Gasteiger partial charge is 0.272 e. The van der Waals surface area contributed by atoms with Crippen LogP contribution < -0.4 is 0 Å². The highest BCUT2D eigenvalue weighted by Crippen LogP contribution is 2.19. The maximum atomic E-state index is 13.8. The third kappa shape index (κ3) is 2.61. The number of benzene rings is 1. The molecule has 1 aromatic carbocycles. The van der Waals surface area contributed by atoms with Crippen LogP contribution in [0.2, 0.25) is 0 Å². The predicted octanol–water partition coefficient (Wildman–Crippen LogP) is 2.15. The van der Waals surface area contributed by atoms with Crippen molar-refractivity contribution in [3.8, 4) is 0 Å². The minimum absolute atomic E-state index is 0.121. The molecule has 0 aliphatic carbocycles. The maximum Gasteiger partial charge on any atom is 0.272 e. The SMILES string of the molecule is CN(C)C1CCN(C(=O)c2ccc3cccc(F)c3n2)C1. The first-order valence-corrected chi connectivity index (χ1v) is 7.07. The Labute approximate surface area is 123 Å². The Morgan fingerprint density at radius 3 is 2.86 bits per heavy atom. The van der Waals surface area contributed by atoms with Crippen LogP contribution >= 0.6 is 0 Å². The van der Waals surface area contributed by atoms with Gasteiger partial charge in [0.15, 0.2) is 0 Å². The molecule has 1 aliphatic rings. The fourth-order valence-corrected chi connectivity index (χ4v) is 2.74. The van der Waals surface area contributed by atoms with Gasteiger partial charge in [-0.05, 0) is 32.6 Å². The van der Waals surface area contributed by atoms with Crippen molar-refractivity contribution < 1.29 is 9.18 Å². The van der Waals surface area contributed by atoms with Gasteiger partial charge in [0.25, 0.3) is 5.91 Å². The molecule has 4 nitrogen and oxygen atoms in total. The van der Waals surface area contributed by atoms with Gasteiger partial charge < -0.3 is 9.80 Å². The summed E-state index contributed by atoms with van der Waals surface area (Å²) in [6.07, 6.45) is 0.959. The molecule has 21 heavy (non-hydrogen) atoms. The number of carbonyl (C=O) groups excluding carboxylic acids is 1. The summed E-state index contributed by atoms with van der Waals surface area (Å²) in [4.78, 5) is 20.6. The zero-order valence-electron chi connectivity index (χ0n) is 12.2. The van der Waals surface area contributed by atoms with Gasteiger partial charge >= 0.3 is 0 Å². The average molecular weight is 287 g/mol. The summed E-state index contributed by atoms with van der Waals surface area (Å²) in [7, 11) is 4.03. The van der Waals surface area contributed by atoms with Gasteiger partial charge in [0.2, 0.25) is 0 Å². The lowest BCUT2D eigenvalue weighted by atomic mass is 10.2. The molecule has 0 spiro atoms. The van der Waals surface area contributed by atoms with Crippen LogP contribution in [-0.4, -0.2) is 53.9 Å². The number of hydrogen-bond donors (Lipinski definition) is 0. The number of rotatable bonds is 2. The maximum absolute atomic E-state index is 13.8. The van der Waals surface area contributed by atoms with Crippen LogP contribution in [0.1, 0.15) is 16.9 Å². The molecule has 1 fully saturated rings. The van der Waals surface area contributed by atoms with Crippen molar-refractivity contribution in [1.29, 1.82) is 0 Å². The Hall–Kier alpha value is -2.01. The Kier molecular flexibility index (Phi) is 3.59. The van der Waals surface area contributed by atoms with Crippen molar-refractivity contribution in [3.05, 3.63) is 41.8 Å². The molecule has 2 heterocycles. The third-order valence-electron chi connectivity index (χ3n) is 4.07. The highest BCUT2D eigenvalue weighted by atomic mass is 19.1. The van der Waals surface area contributed by atoms with Crippen molar-refractivity contribution in [3.63, 3.8) is 0 Å². The molecule has 1 aromatic heterocycles. The Balaban J connectivity index is 1.87. The monoisotopic (exact) mass is 287 g/mol. The summed E-state index contributed by atoms with van der Waals surface area (Å²) in [5.74, 6) is -0.515. The molecule has 0 bridgehead atoms. The first-order chi connectivity index (χ1) is 10.1. The van der Waals surface area contributed by atoms with E-state index in [1.165, 1.54) is 6.07 Å². The summed E-state index contributed by atoms with van der Waals surface area (Å²) in [5, 5.41) is 0.708. The summed E-state index contributed by atoms with van der Waals surface area (Å²) in [5.41, 5.74) is 0.568. The van der Waals surface area contributed by atoms with E-state index in [2.05, 4.69) is 9.88 Å². The van der Waals surface area contributed by atoms with Crippen molar-refractivity contribution in [2.45, 2.75) is 12.5 Å². The van der Waals surface area contributed by atoms with Gasteiger partial charge in [-0.25, -0.2) is 9.37 Å². The van der Waals surface area contributed by atoms with Crippen molar-refractivity contribution in [1.82, 2.24) is 14.8 Å². The molecule has 1 aliphatic heterocycles. The highest BCUT2D eigenvalue weighted by molar-refractivity contribution is 5.95. The van der Waals surface area contributed by atoms with Gasteiger partial charge in [-0.3, -0.25) is 4.79 Å². The number of carbonyl (C=O) groups is 1. The second-order valence-electron chi connectivity index (χ2n) is 5.67. The van der Waals surface area contributed by atoms with E-state index in [4.69, 9.17) is 0 Å². The van der Waals surface area contributed by atoms with Crippen LogP contribution in [0.3, 0.4) is 0 Å². The fourth-order valence-electron chi connectivity index (χ4n) is 2.74. The largest absolute Gasteiger partial charge is 0.336 e. The first kappa shape index (κ1) is 13.9. The molecule has 110 valence electrons. The number of amides is 1. The number of likely N-dealkylation sites (tertiary alicyclic amines) is 1. The van der Waals surface area contributed by atoms with Gasteiger partial charge in [-0.1, -0.05) is 18.2 Å². The molecule has 1 amide bonds. The molecular weight excluding hydrogens is 269 g/mol. The molecule has 1 saturated heterocycles. The summed E-state index contributed by atoms with van der Waals surface area (Å²) in [6, 6.07) is 8.60. The summed E-state index contributed by atoms with van der Waals surface area (Å²) < 4.78 is 13.8. The molecule has 1 atom stereocenters. The van der Waals surface area contributed by atoms with E-state index in [0.29, 0.717) is 23.7 Å². The van der Waals surface area contributed by atoms with Gasteiger partial charge in [-0.15, -0.1) is 0 Å². The molecule has 0 saturated carbocycles. The van der Waals surface area contributed by atoms with Gasteiger partial charge in [0.05, 0.1) is 0 Å². The number of aromatic nitrogens is 1. The summed E-state index contributed by atoms with van der Waals surface area (Å²) in [6.45, 7) is 1.42. The van der Waals surface area contributed by atoms with Crippen LogP contribution in [0.4, 0.5) is 4.39 Å². The van der Waals surface area contributed by atoms with E-state index >= 15 is 0 Å². The van der Waals surface area contributed by atoms with Crippen LogP contribution in [0.25, 0.3) is 10.9 Å². The van der Waals surface area contributed by atoms with E-state index in [9.17, 15) is 9.18 Å². The second kappa shape index (κ2) is 5.41. The van der Waals surface area contributed by atoms with Gasteiger partial charge in [-0.2, -0.15) is 0 Å². The molecule has 0 N–H and O–H groups in total. The van der Waals surface area contributed by atoms with Gasteiger partial charge in [0.1, 0.15) is 17.0 Å². The van der Waals surface area contributed by atoms with Crippen molar-refractivity contribution in [2.24, 2.45) is 0 Å². The Morgan fingerprint density at radius 2 is 2.14 bits per heavy atom. The van der Waals surface area contributed by atoms with Crippen LogP contribution in [-0.2, 0) is 0 Å². The molecule has 3 rings (SSSR count). The standard InChI is InChI=1S/C16H18FN3O/c1-19(2)12-8-9-20(10-12)16(21)14-7-6-11-4-3-5-13(17)15(11)18-14/h3-7,12H,8-10H2,1-2H3. The highest BCUT2D eigenvalue weighted by Gasteiger charge is 2.28. The minimum Gasteiger partial charge on any atom is -0.336 e. The molecule has 0 radical (unpaired) electrons. The number of para-hydroxylation sites is 1. The van der Waals surface area contributed by atoms with E-state index in [1.54, 1.807) is 29.2 Å². The fraction of sp³-hybridized carbons (Fsp3) is 0.375. The number of fused-ring (bicyclic) bond motifs is 1. The lowest BCUT2D eigenvalue weighted by molar-refractivity contribution is 0.0777. The minimum atomic E-state index is -0.394. The van der Waals surface area contributed by atoms with E-state index < -0.39 is 5.82 Å². The zero-order valence-corrected chi connectivity index (χ0v) is 12.2. The lowest BCUT2D eigenvalue weighted by Crippen LogP contribution is -2.34. The topological polar surface area (TPSA) is 36.4 Å². The van der Waals surface area contributed by atoms with Crippen LogP contribution in [0.15, 0.2) is 30.3 Å². The Morgan fingerprint density at radius 1 is 1.33 bits per heavy atom. The molecule has 5 heteroatoms. The van der Waals surface area contributed by atoms with Crippen molar-refractivity contribution in [2.75, 3.05) is 27.2 Å². The molecule has 1 unspecified atom stereocenters. The van der Waals surface area contributed by atoms with Gasteiger partial charge in [0, 0.05) is 24.5 Å². The quantitative estimate of drug-likeness (QED) is 0.849. The predicted molar refractivity (Wildman–Crippen MR) is 79.7 cm³/mol. The molecular formula is C16H18FN3O. The normalized spacial score (nSPS) is 18.7. The number of nitrogens with zero attached hydrogens (tertiary/aromatic N) is 3. The number of hydrogen-bond acceptors (Lipinski definition) is 3. The van der Waals surface area contributed by atoms with Crippen molar-refractivity contribution >= 4 is 16.8 Å². The molecule has 2 aromatic rings. The number of halogens is 1. The summed E-state index contributed by atoms with van der Waals surface area (Å²) >= 11 is 0. The Bertz CT molecular complexity index is 686. The lowest BCUT2D eigenvalue weighted by Gasteiger charge is -2.20. The van der Waals surface area contributed by atoms with E-state index in [1.807, 2.05) is 14.1 Å². The second-order valence-corrected chi connectivity index (χ2v) is 5.67. The number of pyridine rings is 1. The third-order valence-corrected chi connectivity index (χ3v) is 4.07. The van der Waals surface area contributed by atoms with Crippen LogP contribution in [0, 0.1) is 5.82 Å². The number of likely N-dealkylation sites (N-methyl/N-ethyl adjacent to an activating group) is 1. The first-order valence-electron chi connectivity index (χ1n) is 7.07. The zero-order chi connectivity index (χ0) is 15.0. The average Bonchev–Trinajstić information content (AvgIpc) is 2.97. The van der Waals surface area contributed by atoms with E-state index in [0.717, 1.165) is 13.0 Å². The van der Waals surface area contributed by atoms with E-state index in [-0.39, 0.29) is 11.4 Å². The van der Waals surface area contributed by atoms with Crippen LogP contribution in [0.5, 0.6) is 0 Å².